The first kappa shape index (κ1) is 17.2. The number of hydrogen-bond acceptors (Lipinski definition) is 6. The zero-order chi connectivity index (χ0) is 18.5. The average Bonchev–Trinajstić information content (AvgIpc) is 3.15. The highest BCUT2D eigenvalue weighted by Gasteiger charge is 2.18. The highest BCUT2D eigenvalue weighted by Crippen LogP contribution is 2.28. The molecule has 3 rings (SSSR count). The molecule has 0 fully saturated rings. The summed E-state index contributed by atoms with van der Waals surface area (Å²) in [6.45, 7) is 0. The summed E-state index contributed by atoms with van der Waals surface area (Å²) in [6, 6.07) is 14.5. The highest BCUT2D eigenvalue weighted by molar-refractivity contribution is 5.94. The van der Waals surface area contributed by atoms with Gasteiger partial charge in [-0.1, -0.05) is 29.5 Å². The molecule has 8 heteroatoms. The fraction of sp³-hybridized carbons (Fsp3) is 0.111. The maximum atomic E-state index is 11.6. The number of rotatable bonds is 5. The minimum atomic E-state index is -0.644. The summed E-state index contributed by atoms with van der Waals surface area (Å²) in [5.41, 5.74) is 2.35. The van der Waals surface area contributed by atoms with Crippen molar-refractivity contribution in [2.24, 2.45) is 0 Å². The van der Waals surface area contributed by atoms with E-state index in [1.54, 1.807) is 31.3 Å². The lowest BCUT2D eigenvalue weighted by Gasteiger charge is -2.07. The fourth-order valence-electron chi connectivity index (χ4n) is 2.34. The molecule has 0 aliphatic rings. The van der Waals surface area contributed by atoms with Crippen molar-refractivity contribution >= 4 is 11.9 Å². The van der Waals surface area contributed by atoms with Gasteiger partial charge >= 0.3 is 5.97 Å². The molecule has 26 heavy (non-hydrogen) atoms. The lowest BCUT2D eigenvalue weighted by atomic mass is 10.0. The van der Waals surface area contributed by atoms with Crippen LogP contribution in [0.25, 0.3) is 11.1 Å². The third kappa shape index (κ3) is 3.54. The molecule has 8 nitrogen and oxygen atoms in total. The van der Waals surface area contributed by atoms with Gasteiger partial charge in [0.2, 0.25) is 5.69 Å². The van der Waals surface area contributed by atoms with E-state index in [0.717, 1.165) is 11.1 Å². The van der Waals surface area contributed by atoms with E-state index >= 15 is 0 Å². The molecule has 0 unspecified atom stereocenters. The van der Waals surface area contributed by atoms with Gasteiger partial charge in [0, 0.05) is 12.6 Å². The monoisotopic (exact) mass is 352 g/mol. The first-order valence-electron chi connectivity index (χ1n) is 7.72. The molecule has 2 aromatic carbocycles. The third-order valence-electron chi connectivity index (χ3n) is 3.66. The van der Waals surface area contributed by atoms with Crippen LogP contribution in [0, 0.1) is 0 Å². The van der Waals surface area contributed by atoms with Gasteiger partial charge in [-0.05, 0) is 35.4 Å². The number of aromatic nitrogens is 3. The maximum Gasteiger partial charge on any atom is 0.364 e. The van der Waals surface area contributed by atoms with Crippen LogP contribution in [0.5, 0.6) is 11.6 Å². The van der Waals surface area contributed by atoms with E-state index in [4.69, 9.17) is 4.74 Å². The summed E-state index contributed by atoms with van der Waals surface area (Å²) >= 11 is 0. The standard InChI is InChI=1S/C18H16N4O4/c1-19-16(23)12-8-6-11(7-9-12)13-4-3-5-14(10-13)26-17-15(18(24)25-2)20-22-21-17/h3-10H,1-2H3,(H,19,23)(H,20,21,22). The van der Waals surface area contributed by atoms with Crippen LogP contribution in [0.1, 0.15) is 20.8 Å². The summed E-state index contributed by atoms with van der Waals surface area (Å²) in [5.74, 6) is -0.191. The van der Waals surface area contributed by atoms with Crippen LogP contribution in [-0.4, -0.2) is 41.4 Å². The number of H-pyrrole nitrogens is 1. The quantitative estimate of drug-likeness (QED) is 0.683. The number of aromatic amines is 1. The molecule has 0 saturated heterocycles. The molecule has 0 radical (unpaired) electrons. The van der Waals surface area contributed by atoms with Crippen LogP contribution < -0.4 is 10.1 Å². The lowest BCUT2D eigenvalue weighted by Crippen LogP contribution is -2.17. The van der Waals surface area contributed by atoms with Gasteiger partial charge in [0.05, 0.1) is 7.11 Å². The van der Waals surface area contributed by atoms with Gasteiger partial charge in [0.25, 0.3) is 11.8 Å². The Kier molecular flexibility index (Phi) is 4.93. The number of carbonyl (C=O) groups is 2. The molecule has 0 atom stereocenters. The van der Waals surface area contributed by atoms with E-state index in [1.165, 1.54) is 7.11 Å². The minimum absolute atomic E-state index is 0.0344. The SMILES string of the molecule is CNC(=O)c1ccc(-c2cccc(Oc3[nH]nnc3C(=O)OC)c2)cc1. The second-order valence-electron chi connectivity index (χ2n) is 5.27. The number of benzene rings is 2. The Balaban J connectivity index is 1.84. The van der Waals surface area contributed by atoms with E-state index in [9.17, 15) is 9.59 Å². The Bertz CT molecular complexity index is 934. The van der Waals surface area contributed by atoms with Crippen LogP contribution in [0.3, 0.4) is 0 Å². The third-order valence-corrected chi connectivity index (χ3v) is 3.66. The Morgan fingerprint density at radius 1 is 1.08 bits per heavy atom. The molecule has 2 N–H and O–H groups in total. The fourth-order valence-corrected chi connectivity index (χ4v) is 2.34. The average molecular weight is 352 g/mol. The van der Waals surface area contributed by atoms with Crippen molar-refractivity contribution < 1.29 is 19.1 Å². The second-order valence-corrected chi connectivity index (χ2v) is 5.27. The Hall–Kier alpha value is -3.68. The predicted molar refractivity (Wildman–Crippen MR) is 93.1 cm³/mol. The Morgan fingerprint density at radius 2 is 1.85 bits per heavy atom. The zero-order valence-corrected chi connectivity index (χ0v) is 14.1. The molecule has 1 amide bonds. The second kappa shape index (κ2) is 7.47. The summed E-state index contributed by atoms with van der Waals surface area (Å²) in [5, 5.41) is 12.3. The number of carbonyl (C=O) groups excluding carboxylic acids is 2. The van der Waals surface area contributed by atoms with E-state index in [1.807, 2.05) is 24.3 Å². The molecule has 1 heterocycles. The Morgan fingerprint density at radius 3 is 2.54 bits per heavy atom. The number of nitrogens with zero attached hydrogens (tertiary/aromatic N) is 2. The summed E-state index contributed by atoms with van der Waals surface area (Å²) in [7, 11) is 2.84. The molecule has 1 aromatic heterocycles. The van der Waals surface area contributed by atoms with Crippen molar-refractivity contribution in [3.63, 3.8) is 0 Å². The number of esters is 1. The molecule has 0 aliphatic carbocycles. The van der Waals surface area contributed by atoms with Crippen LogP contribution >= 0.6 is 0 Å². The van der Waals surface area contributed by atoms with Crippen molar-refractivity contribution in [2.45, 2.75) is 0 Å². The highest BCUT2D eigenvalue weighted by atomic mass is 16.5. The first-order valence-corrected chi connectivity index (χ1v) is 7.72. The molecule has 0 aliphatic heterocycles. The van der Waals surface area contributed by atoms with Gasteiger partial charge in [-0.2, -0.15) is 0 Å². The molecule has 0 spiro atoms. The number of ether oxygens (including phenoxy) is 2. The summed E-state index contributed by atoms with van der Waals surface area (Å²) < 4.78 is 10.3. The topological polar surface area (TPSA) is 106 Å². The molecule has 0 saturated carbocycles. The molecule has 132 valence electrons. The molecule has 3 aromatic rings. The largest absolute Gasteiger partial charge is 0.464 e. The summed E-state index contributed by atoms with van der Waals surface area (Å²) in [6.07, 6.45) is 0. The normalized spacial score (nSPS) is 10.2. The Labute approximate surface area is 149 Å². The smallest absolute Gasteiger partial charge is 0.364 e. The first-order chi connectivity index (χ1) is 12.6. The van der Waals surface area contributed by atoms with Crippen LogP contribution in [0.15, 0.2) is 48.5 Å². The van der Waals surface area contributed by atoms with Gasteiger partial charge in [0.1, 0.15) is 5.75 Å². The zero-order valence-electron chi connectivity index (χ0n) is 14.1. The van der Waals surface area contributed by atoms with E-state index in [0.29, 0.717) is 11.3 Å². The van der Waals surface area contributed by atoms with E-state index < -0.39 is 5.97 Å². The van der Waals surface area contributed by atoms with Gasteiger partial charge in [0.15, 0.2) is 0 Å². The van der Waals surface area contributed by atoms with Crippen molar-refractivity contribution in [3.05, 3.63) is 59.8 Å². The van der Waals surface area contributed by atoms with Crippen LogP contribution in [0.4, 0.5) is 0 Å². The lowest BCUT2D eigenvalue weighted by molar-refractivity contribution is 0.0591. The van der Waals surface area contributed by atoms with Gasteiger partial charge in [-0.25, -0.2) is 9.89 Å². The van der Waals surface area contributed by atoms with Gasteiger partial charge in [-0.15, -0.1) is 5.10 Å². The molecule has 0 bridgehead atoms. The van der Waals surface area contributed by atoms with Crippen molar-refractivity contribution in [1.29, 1.82) is 0 Å². The number of amides is 1. The van der Waals surface area contributed by atoms with Gasteiger partial charge < -0.3 is 14.8 Å². The van der Waals surface area contributed by atoms with E-state index in [2.05, 4.69) is 25.5 Å². The molecular weight excluding hydrogens is 336 g/mol. The van der Waals surface area contributed by atoms with Crippen molar-refractivity contribution in [1.82, 2.24) is 20.7 Å². The minimum Gasteiger partial charge on any atom is -0.464 e. The van der Waals surface area contributed by atoms with E-state index in [-0.39, 0.29) is 17.5 Å². The molecular formula is C18H16N4O4. The van der Waals surface area contributed by atoms with Crippen molar-refractivity contribution in [2.75, 3.05) is 14.2 Å². The van der Waals surface area contributed by atoms with Crippen molar-refractivity contribution in [3.8, 4) is 22.8 Å². The van der Waals surface area contributed by atoms with Crippen LogP contribution in [0.2, 0.25) is 0 Å². The number of hydrogen-bond donors (Lipinski definition) is 2. The van der Waals surface area contributed by atoms with Crippen LogP contribution in [-0.2, 0) is 4.74 Å². The number of nitrogens with one attached hydrogen (secondary N) is 2. The predicted octanol–water partition coefficient (Wildman–Crippen LogP) is 2.41. The van der Waals surface area contributed by atoms with Gasteiger partial charge in [-0.3, -0.25) is 4.79 Å². The summed E-state index contributed by atoms with van der Waals surface area (Å²) in [4.78, 5) is 23.2. The number of methoxy groups -OCH3 is 1. The maximum absolute atomic E-state index is 11.6.